The Morgan fingerprint density at radius 2 is 1.95 bits per heavy atom. The van der Waals surface area contributed by atoms with Gasteiger partial charge in [-0.2, -0.15) is 0 Å². The molecule has 4 N–H and O–H groups in total. The zero-order chi connectivity index (χ0) is 15.2. The van der Waals surface area contributed by atoms with Crippen LogP contribution in [-0.2, 0) is 0 Å². The van der Waals surface area contributed by atoms with Crippen LogP contribution in [-0.4, -0.2) is 23.2 Å². The minimum atomic E-state index is -0.484. The summed E-state index contributed by atoms with van der Waals surface area (Å²) < 4.78 is 0. The molecule has 0 heterocycles. The van der Waals surface area contributed by atoms with Crippen LogP contribution in [0.2, 0.25) is 0 Å². The van der Waals surface area contributed by atoms with Gasteiger partial charge in [0.15, 0.2) is 0 Å². The zero-order valence-electron chi connectivity index (χ0n) is 11.3. The van der Waals surface area contributed by atoms with E-state index in [4.69, 9.17) is 10.9 Å². The molecule has 0 fully saturated rings. The lowest BCUT2D eigenvalue weighted by atomic mass is 10.2. The molecule has 0 bridgehead atoms. The Balaban J connectivity index is 2.36. The minimum absolute atomic E-state index is 0.0530. The van der Waals surface area contributed by atoms with Gasteiger partial charge in [0, 0.05) is 18.3 Å². The van der Waals surface area contributed by atoms with E-state index >= 15 is 0 Å². The average Bonchev–Trinajstić information content (AvgIpc) is 2.52. The number of aliphatic hydroxyl groups is 1. The van der Waals surface area contributed by atoms with Crippen LogP contribution in [0, 0.1) is 10.1 Å². The molecule has 0 amide bonds. The van der Waals surface area contributed by atoms with E-state index in [2.05, 4.69) is 5.32 Å². The Hall–Kier alpha value is -2.64. The fraction of sp³-hybridized carbons (Fsp3) is 0.143. The van der Waals surface area contributed by atoms with Gasteiger partial charge in [0.2, 0.25) is 0 Å². The van der Waals surface area contributed by atoms with Gasteiger partial charge in [-0.3, -0.25) is 15.1 Å². The van der Waals surface area contributed by atoms with Crippen LogP contribution in [0.5, 0.6) is 0 Å². The van der Waals surface area contributed by atoms with Crippen molar-refractivity contribution in [2.24, 2.45) is 5.84 Å². The van der Waals surface area contributed by atoms with Gasteiger partial charge in [-0.15, -0.1) is 0 Å². The van der Waals surface area contributed by atoms with Crippen molar-refractivity contribution in [3.05, 3.63) is 58.6 Å². The van der Waals surface area contributed by atoms with Crippen LogP contribution < -0.4 is 16.2 Å². The standard InChI is InChI=1S/C14H16N4O3/c15-17(12-4-2-1-3-5-12)13-7-6-11(16-8-9-19)10-14(13)18(20)21/h1-7,10,16,19H,8-9,15H2. The van der Waals surface area contributed by atoms with E-state index in [1.807, 2.05) is 6.07 Å². The second kappa shape index (κ2) is 6.69. The highest BCUT2D eigenvalue weighted by Gasteiger charge is 2.19. The molecule has 2 aromatic rings. The molecule has 0 saturated carbocycles. The molecule has 0 aliphatic carbocycles. The van der Waals surface area contributed by atoms with Crippen molar-refractivity contribution in [2.75, 3.05) is 23.5 Å². The van der Waals surface area contributed by atoms with E-state index in [-0.39, 0.29) is 12.3 Å². The van der Waals surface area contributed by atoms with Crippen molar-refractivity contribution < 1.29 is 10.0 Å². The maximum Gasteiger partial charge on any atom is 0.296 e. The number of aliphatic hydroxyl groups excluding tert-OH is 1. The van der Waals surface area contributed by atoms with E-state index in [0.29, 0.717) is 23.6 Å². The number of para-hydroxylation sites is 1. The molecule has 2 rings (SSSR count). The molecular formula is C14H16N4O3. The van der Waals surface area contributed by atoms with Gasteiger partial charge < -0.3 is 10.4 Å². The second-order valence-corrected chi connectivity index (χ2v) is 4.32. The lowest BCUT2D eigenvalue weighted by Gasteiger charge is -2.19. The van der Waals surface area contributed by atoms with Crippen molar-refractivity contribution in [1.29, 1.82) is 0 Å². The summed E-state index contributed by atoms with van der Waals surface area (Å²) in [6, 6.07) is 13.6. The fourth-order valence-electron chi connectivity index (χ4n) is 1.91. The molecule has 0 radical (unpaired) electrons. The monoisotopic (exact) mass is 288 g/mol. The first-order chi connectivity index (χ1) is 10.1. The van der Waals surface area contributed by atoms with E-state index in [1.165, 1.54) is 11.1 Å². The number of nitrogens with zero attached hydrogens (tertiary/aromatic N) is 2. The number of nitrogens with one attached hydrogen (secondary N) is 1. The Morgan fingerprint density at radius 3 is 2.57 bits per heavy atom. The summed E-state index contributed by atoms with van der Waals surface area (Å²) in [5.74, 6) is 5.97. The molecule has 0 spiro atoms. The molecule has 0 aliphatic rings. The van der Waals surface area contributed by atoms with Crippen LogP contribution in [0.1, 0.15) is 0 Å². The van der Waals surface area contributed by atoms with Crippen molar-refractivity contribution >= 4 is 22.7 Å². The van der Waals surface area contributed by atoms with Gasteiger partial charge in [0.1, 0.15) is 5.69 Å². The number of nitrogens with two attached hydrogens (primary N) is 1. The predicted octanol–water partition coefficient (Wildman–Crippen LogP) is 2.01. The highest BCUT2D eigenvalue weighted by atomic mass is 16.6. The summed E-state index contributed by atoms with van der Waals surface area (Å²) >= 11 is 0. The number of anilines is 3. The predicted molar refractivity (Wildman–Crippen MR) is 81.4 cm³/mol. The van der Waals surface area contributed by atoms with Crippen LogP contribution in [0.25, 0.3) is 0 Å². The van der Waals surface area contributed by atoms with Gasteiger partial charge in [-0.25, -0.2) is 5.84 Å². The Kier molecular flexibility index (Phi) is 4.70. The van der Waals surface area contributed by atoms with Gasteiger partial charge in [0.05, 0.1) is 17.2 Å². The lowest BCUT2D eigenvalue weighted by Crippen LogP contribution is -2.25. The Labute approximate surface area is 121 Å². The maximum absolute atomic E-state index is 11.2. The average molecular weight is 288 g/mol. The van der Waals surface area contributed by atoms with Crippen LogP contribution in [0.3, 0.4) is 0 Å². The number of benzene rings is 2. The number of hydrazine groups is 1. The summed E-state index contributed by atoms with van der Waals surface area (Å²) in [6.07, 6.45) is 0. The Morgan fingerprint density at radius 1 is 1.24 bits per heavy atom. The van der Waals surface area contributed by atoms with E-state index in [1.54, 1.807) is 36.4 Å². The number of hydrogen-bond acceptors (Lipinski definition) is 6. The third-order valence-corrected chi connectivity index (χ3v) is 2.91. The molecule has 0 aromatic heterocycles. The van der Waals surface area contributed by atoms with Crippen LogP contribution in [0.4, 0.5) is 22.7 Å². The SMILES string of the molecule is NN(c1ccccc1)c1ccc(NCCO)cc1[N+](=O)[O-]. The van der Waals surface area contributed by atoms with Gasteiger partial charge in [-0.05, 0) is 24.3 Å². The van der Waals surface area contributed by atoms with Gasteiger partial charge in [-0.1, -0.05) is 18.2 Å². The summed E-state index contributed by atoms with van der Waals surface area (Å²) in [5, 5.41) is 24.2. The molecule has 0 saturated heterocycles. The van der Waals surface area contributed by atoms with Crippen molar-refractivity contribution in [3.8, 4) is 0 Å². The van der Waals surface area contributed by atoms with E-state index in [9.17, 15) is 10.1 Å². The van der Waals surface area contributed by atoms with E-state index in [0.717, 1.165) is 0 Å². The van der Waals surface area contributed by atoms with Crippen molar-refractivity contribution in [1.82, 2.24) is 0 Å². The molecule has 0 aliphatic heterocycles. The number of nitro groups is 1. The summed E-state index contributed by atoms with van der Waals surface area (Å²) in [6.45, 7) is 0.268. The third kappa shape index (κ3) is 3.47. The normalized spacial score (nSPS) is 10.2. The third-order valence-electron chi connectivity index (χ3n) is 2.91. The maximum atomic E-state index is 11.2. The highest BCUT2D eigenvalue weighted by molar-refractivity contribution is 5.74. The second-order valence-electron chi connectivity index (χ2n) is 4.32. The summed E-state index contributed by atoms with van der Waals surface area (Å²) in [7, 11) is 0. The first kappa shape index (κ1) is 14.8. The van der Waals surface area contributed by atoms with Crippen molar-refractivity contribution in [3.63, 3.8) is 0 Å². The molecule has 7 nitrogen and oxygen atoms in total. The quantitative estimate of drug-likeness (QED) is 0.426. The molecule has 2 aromatic carbocycles. The molecule has 21 heavy (non-hydrogen) atoms. The van der Waals surface area contributed by atoms with Gasteiger partial charge in [0.25, 0.3) is 5.69 Å². The number of hydrogen-bond donors (Lipinski definition) is 3. The number of nitro benzene ring substituents is 1. The summed E-state index contributed by atoms with van der Waals surface area (Å²) in [5.41, 5.74) is 1.39. The largest absolute Gasteiger partial charge is 0.395 e. The minimum Gasteiger partial charge on any atom is -0.395 e. The van der Waals surface area contributed by atoms with Gasteiger partial charge >= 0.3 is 0 Å². The topological polar surface area (TPSA) is 105 Å². The zero-order valence-corrected chi connectivity index (χ0v) is 11.3. The number of rotatable bonds is 6. The van der Waals surface area contributed by atoms with Crippen LogP contribution in [0.15, 0.2) is 48.5 Å². The van der Waals surface area contributed by atoms with Crippen LogP contribution >= 0.6 is 0 Å². The lowest BCUT2D eigenvalue weighted by molar-refractivity contribution is -0.384. The highest BCUT2D eigenvalue weighted by Crippen LogP contribution is 2.33. The molecule has 0 unspecified atom stereocenters. The molecular weight excluding hydrogens is 272 g/mol. The first-order valence-electron chi connectivity index (χ1n) is 6.36. The fourth-order valence-corrected chi connectivity index (χ4v) is 1.91. The van der Waals surface area contributed by atoms with E-state index < -0.39 is 4.92 Å². The molecule has 0 atom stereocenters. The Bertz CT molecular complexity index is 619. The molecule has 110 valence electrons. The molecule has 7 heteroatoms. The first-order valence-corrected chi connectivity index (χ1v) is 6.36. The van der Waals surface area contributed by atoms with Crippen molar-refractivity contribution in [2.45, 2.75) is 0 Å². The summed E-state index contributed by atoms with van der Waals surface area (Å²) in [4.78, 5) is 10.7. The smallest absolute Gasteiger partial charge is 0.296 e.